The number of ether oxygens (including phenoxy) is 1. The van der Waals surface area contributed by atoms with E-state index in [4.69, 9.17) is 0 Å². The van der Waals surface area contributed by atoms with Gasteiger partial charge in [0.15, 0.2) is 5.13 Å². The molecule has 0 unspecified atom stereocenters. The standard InChI is InChI=1S/C21H20F3N3O4S2/c1-3-27(4-2)33(29,30)13-9-10-16(22)15(11-13)19(28)26-21-25-17(12-32-21)14-7-5-6-8-18(14)31-20(23)24/h5-12,20H,3-4H2,1-2H3,(H,25,26,28). The van der Waals surface area contributed by atoms with Crippen LogP contribution in [0.3, 0.4) is 0 Å². The fraction of sp³-hybridized carbons (Fsp3) is 0.238. The van der Waals surface area contributed by atoms with Crippen LogP contribution in [0.2, 0.25) is 0 Å². The van der Waals surface area contributed by atoms with Crippen LogP contribution in [0.4, 0.5) is 18.3 Å². The first-order valence-electron chi connectivity index (χ1n) is 9.78. The summed E-state index contributed by atoms with van der Waals surface area (Å²) in [5.74, 6) is -1.89. The van der Waals surface area contributed by atoms with E-state index in [1.807, 2.05) is 0 Å². The van der Waals surface area contributed by atoms with E-state index >= 15 is 0 Å². The molecule has 0 saturated carbocycles. The maximum atomic E-state index is 14.3. The number of anilines is 1. The molecule has 0 bridgehead atoms. The number of thiazole rings is 1. The fourth-order valence-corrected chi connectivity index (χ4v) is 5.24. The molecule has 7 nitrogen and oxygen atoms in total. The maximum absolute atomic E-state index is 14.3. The molecule has 0 radical (unpaired) electrons. The molecule has 3 rings (SSSR count). The summed E-state index contributed by atoms with van der Waals surface area (Å²) in [6.45, 7) is 0.755. The number of sulfonamides is 1. The van der Waals surface area contributed by atoms with Crippen LogP contribution in [0.1, 0.15) is 24.2 Å². The first-order valence-corrected chi connectivity index (χ1v) is 12.1. The third-order valence-electron chi connectivity index (χ3n) is 4.63. The average Bonchev–Trinajstić information content (AvgIpc) is 3.22. The Morgan fingerprint density at radius 1 is 1.18 bits per heavy atom. The molecule has 0 aliphatic rings. The molecule has 1 heterocycles. The second kappa shape index (κ2) is 10.3. The highest BCUT2D eigenvalue weighted by Crippen LogP contribution is 2.33. The van der Waals surface area contributed by atoms with Gasteiger partial charge in [-0.05, 0) is 30.3 Å². The number of rotatable bonds is 9. The zero-order valence-corrected chi connectivity index (χ0v) is 19.2. The lowest BCUT2D eigenvalue weighted by atomic mass is 10.1. The van der Waals surface area contributed by atoms with Crippen molar-refractivity contribution in [2.24, 2.45) is 0 Å². The second-order valence-electron chi connectivity index (χ2n) is 6.60. The van der Waals surface area contributed by atoms with Crippen LogP contribution in [0.15, 0.2) is 52.7 Å². The van der Waals surface area contributed by atoms with E-state index in [9.17, 15) is 26.4 Å². The number of para-hydroxylation sites is 1. The topological polar surface area (TPSA) is 88.6 Å². The van der Waals surface area contributed by atoms with Gasteiger partial charge in [0.2, 0.25) is 10.0 Å². The van der Waals surface area contributed by atoms with Crippen molar-refractivity contribution in [2.75, 3.05) is 18.4 Å². The van der Waals surface area contributed by atoms with Gasteiger partial charge in [0.25, 0.3) is 5.91 Å². The first-order chi connectivity index (χ1) is 15.7. The molecule has 176 valence electrons. The molecule has 3 aromatic rings. The third-order valence-corrected chi connectivity index (χ3v) is 7.43. The van der Waals surface area contributed by atoms with Gasteiger partial charge in [-0.15, -0.1) is 11.3 Å². The second-order valence-corrected chi connectivity index (χ2v) is 9.39. The van der Waals surface area contributed by atoms with E-state index in [2.05, 4.69) is 15.0 Å². The van der Waals surface area contributed by atoms with Crippen molar-refractivity contribution in [1.82, 2.24) is 9.29 Å². The summed E-state index contributed by atoms with van der Waals surface area (Å²) < 4.78 is 70.7. The van der Waals surface area contributed by atoms with Gasteiger partial charge in [0.05, 0.1) is 16.2 Å². The molecule has 0 saturated heterocycles. The van der Waals surface area contributed by atoms with E-state index in [1.54, 1.807) is 19.9 Å². The summed E-state index contributed by atoms with van der Waals surface area (Å²) in [6, 6.07) is 9.01. The summed E-state index contributed by atoms with van der Waals surface area (Å²) in [4.78, 5) is 16.6. The molecule has 1 N–H and O–H groups in total. The van der Waals surface area contributed by atoms with Gasteiger partial charge in [-0.25, -0.2) is 17.8 Å². The molecular formula is C21H20F3N3O4S2. The minimum Gasteiger partial charge on any atom is -0.434 e. The van der Waals surface area contributed by atoms with E-state index in [0.717, 1.165) is 29.5 Å². The zero-order chi connectivity index (χ0) is 24.2. The van der Waals surface area contributed by atoms with Crippen molar-refractivity contribution < 1.29 is 31.1 Å². The number of hydrogen-bond donors (Lipinski definition) is 1. The Bertz CT molecular complexity index is 1250. The van der Waals surface area contributed by atoms with Crippen molar-refractivity contribution in [3.63, 3.8) is 0 Å². The van der Waals surface area contributed by atoms with Crippen molar-refractivity contribution in [3.05, 3.63) is 59.2 Å². The van der Waals surface area contributed by atoms with Crippen LogP contribution in [0.25, 0.3) is 11.3 Å². The Hall–Kier alpha value is -2.96. The molecule has 0 fully saturated rings. The monoisotopic (exact) mass is 499 g/mol. The van der Waals surface area contributed by atoms with Gasteiger partial charge in [-0.3, -0.25) is 10.1 Å². The number of carbonyl (C=O) groups is 1. The number of carbonyl (C=O) groups excluding carboxylic acids is 1. The normalized spacial score (nSPS) is 11.7. The fourth-order valence-electron chi connectivity index (χ4n) is 3.05. The number of halogens is 3. The third kappa shape index (κ3) is 5.52. The van der Waals surface area contributed by atoms with E-state index in [1.165, 1.54) is 27.9 Å². The van der Waals surface area contributed by atoms with Crippen molar-refractivity contribution in [3.8, 4) is 17.0 Å². The van der Waals surface area contributed by atoms with E-state index < -0.39 is 33.9 Å². The van der Waals surface area contributed by atoms with Crippen molar-refractivity contribution in [1.29, 1.82) is 0 Å². The lowest BCUT2D eigenvalue weighted by molar-refractivity contribution is -0.0494. The number of aromatic nitrogens is 1. The highest BCUT2D eigenvalue weighted by Gasteiger charge is 2.25. The highest BCUT2D eigenvalue weighted by atomic mass is 32.2. The predicted molar refractivity (Wildman–Crippen MR) is 119 cm³/mol. The number of nitrogens with zero attached hydrogens (tertiary/aromatic N) is 2. The summed E-state index contributed by atoms with van der Waals surface area (Å²) in [6.07, 6.45) is 0. The first kappa shape index (κ1) is 24.7. The zero-order valence-electron chi connectivity index (χ0n) is 17.6. The average molecular weight is 500 g/mol. The molecular weight excluding hydrogens is 479 g/mol. The van der Waals surface area contributed by atoms with Gasteiger partial charge in [-0.2, -0.15) is 13.1 Å². The number of alkyl halides is 2. The Kier molecular flexibility index (Phi) is 7.72. The van der Waals surface area contributed by atoms with Gasteiger partial charge in [0, 0.05) is 24.0 Å². The lowest BCUT2D eigenvalue weighted by Gasteiger charge is -2.18. The Balaban J connectivity index is 1.86. The highest BCUT2D eigenvalue weighted by molar-refractivity contribution is 7.89. The molecule has 33 heavy (non-hydrogen) atoms. The minimum atomic E-state index is -3.90. The number of amides is 1. The molecule has 12 heteroatoms. The quantitative estimate of drug-likeness (QED) is 0.456. The number of nitrogens with one attached hydrogen (secondary N) is 1. The minimum absolute atomic E-state index is 0.0678. The summed E-state index contributed by atoms with van der Waals surface area (Å²) in [5, 5.41) is 4.00. The molecule has 0 spiro atoms. The van der Waals surface area contributed by atoms with Crippen LogP contribution in [0.5, 0.6) is 5.75 Å². The smallest absolute Gasteiger partial charge is 0.387 e. The SMILES string of the molecule is CCN(CC)S(=O)(=O)c1ccc(F)c(C(=O)Nc2nc(-c3ccccc3OC(F)F)cs2)c1. The molecule has 0 aliphatic heterocycles. The lowest BCUT2D eigenvalue weighted by Crippen LogP contribution is -2.31. The van der Waals surface area contributed by atoms with Gasteiger partial charge >= 0.3 is 6.61 Å². The van der Waals surface area contributed by atoms with Crippen molar-refractivity contribution >= 4 is 32.4 Å². The Labute approximate surface area is 192 Å². The molecule has 1 amide bonds. The Morgan fingerprint density at radius 2 is 1.88 bits per heavy atom. The van der Waals surface area contributed by atoms with Crippen LogP contribution in [-0.4, -0.2) is 43.3 Å². The largest absolute Gasteiger partial charge is 0.434 e. The number of hydrogen-bond acceptors (Lipinski definition) is 6. The van der Waals surface area contributed by atoms with Gasteiger partial charge in [-0.1, -0.05) is 26.0 Å². The summed E-state index contributed by atoms with van der Waals surface area (Å²) in [7, 11) is -3.90. The molecule has 0 aliphatic carbocycles. The van der Waals surface area contributed by atoms with Gasteiger partial charge in [0.1, 0.15) is 11.6 Å². The molecule has 1 aromatic heterocycles. The van der Waals surface area contributed by atoms with Crippen LogP contribution in [0, 0.1) is 5.82 Å². The number of benzene rings is 2. The van der Waals surface area contributed by atoms with E-state index in [0.29, 0.717) is 0 Å². The van der Waals surface area contributed by atoms with Crippen LogP contribution < -0.4 is 10.1 Å². The van der Waals surface area contributed by atoms with Crippen LogP contribution >= 0.6 is 11.3 Å². The predicted octanol–water partition coefficient (Wildman–Crippen LogP) is 4.83. The molecule has 2 aromatic carbocycles. The van der Waals surface area contributed by atoms with Crippen molar-refractivity contribution in [2.45, 2.75) is 25.4 Å². The van der Waals surface area contributed by atoms with Gasteiger partial charge < -0.3 is 4.74 Å². The molecule has 0 atom stereocenters. The van der Waals surface area contributed by atoms with E-state index in [-0.39, 0.29) is 40.1 Å². The summed E-state index contributed by atoms with van der Waals surface area (Å²) in [5.41, 5.74) is 0.0827. The van der Waals surface area contributed by atoms with Crippen LogP contribution in [-0.2, 0) is 10.0 Å². The maximum Gasteiger partial charge on any atom is 0.387 e. The summed E-state index contributed by atoms with van der Waals surface area (Å²) >= 11 is 0.988. The Morgan fingerprint density at radius 3 is 2.55 bits per heavy atom.